The van der Waals surface area contributed by atoms with E-state index in [4.69, 9.17) is 17.4 Å². The van der Waals surface area contributed by atoms with Gasteiger partial charge in [0.2, 0.25) is 0 Å². The van der Waals surface area contributed by atoms with Crippen LogP contribution in [0.3, 0.4) is 0 Å². The van der Waals surface area contributed by atoms with Crippen LogP contribution >= 0.6 is 22.9 Å². The van der Waals surface area contributed by atoms with Crippen LogP contribution in [-0.4, -0.2) is 42.0 Å². The quantitative estimate of drug-likeness (QED) is 0.501. The molecular weight excluding hydrogens is 394 g/mol. The number of nitrogens with one attached hydrogen (secondary N) is 1. The number of carbonyl (C=O) groups excluding carboxylic acids is 1. The van der Waals surface area contributed by atoms with Gasteiger partial charge in [-0.1, -0.05) is 42.0 Å². The Hall–Kier alpha value is -2.35. The number of thiazole rings is 1. The van der Waals surface area contributed by atoms with Crippen LogP contribution in [0.25, 0.3) is 10.2 Å². The Morgan fingerprint density at radius 3 is 2.54 bits per heavy atom. The third-order valence-corrected chi connectivity index (χ3v) is 6.36. The second-order valence-corrected chi connectivity index (χ2v) is 8.17. The van der Waals surface area contributed by atoms with Gasteiger partial charge in [-0.05, 0) is 36.2 Å². The molecule has 1 saturated heterocycles. The van der Waals surface area contributed by atoms with E-state index in [1.807, 2.05) is 41.3 Å². The van der Waals surface area contributed by atoms with Gasteiger partial charge in [-0.15, -0.1) is 0 Å². The minimum atomic E-state index is 0.0786. The lowest BCUT2D eigenvalue weighted by atomic mass is 10.1. The number of halogens is 1. The van der Waals surface area contributed by atoms with Crippen LogP contribution in [0.4, 0.5) is 10.8 Å². The van der Waals surface area contributed by atoms with Gasteiger partial charge in [-0.2, -0.15) is 0 Å². The van der Waals surface area contributed by atoms with Crippen molar-refractivity contribution in [1.82, 2.24) is 9.88 Å². The molecule has 1 aromatic heterocycles. The van der Waals surface area contributed by atoms with Gasteiger partial charge in [0.1, 0.15) is 5.52 Å². The molecule has 0 saturated carbocycles. The Balaban J connectivity index is 1.51. The van der Waals surface area contributed by atoms with E-state index in [0.717, 1.165) is 27.9 Å². The van der Waals surface area contributed by atoms with E-state index in [0.29, 0.717) is 36.3 Å². The van der Waals surface area contributed by atoms with Crippen molar-refractivity contribution in [1.29, 1.82) is 0 Å². The zero-order valence-electron chi connectivity index (χ0n) is 15.6. The number of hydrogen-bond donors (Lipinski definition) is 2. The topological polar surface area (TPSA) is 74.5 Å². The maximum Gasteiger partial charge on any atom is 0.253 e. The van der Waals surface area contributed by atoms with Crippen LogP contribution < -0.4 is 16.2 Å². The van der Waals surface area contributed by atoms with Crippen molar-refractivity contribution in [3.05, 3.63) is 52.5 Å². The van der Waals surface area contributed by atoms with Crippen LogP contribution in [0.15, 0.2) is 36.4 Å². The van der Waals surface area contributed by atoms with Gasteiger partial charge in [0.05, 0.1) is 15.4 Å². The number of hydrazine groups is 1. The molecule has 1 fully saturated rings. The van der Waals surface area contributed by atoms with Crippen LogP contribution in [0.5, 0.6) is 0 Å². The van der Waals surface area contributed by atoms with E-state index in [-0.39, 0.29) is 5.91 Å². The van der Waals surface area contributed by atoms with Crippen LogP contribution in [0.1, 0.15) is 22.8 Å². The second-order valence-electron chi connectivity index (χ2n) is 6.74. The first-order chi connectivity index (χ1) is 13.6. The molecule has 0 spiro atoms. The maximum atomic E-state index is 12.8. The van der Waals surface area contributed by atoms with Crippen molar-refractivity contribution in [2.75, 3.05) is 36.5 Å². The van der Waals surface area contributed by atoms with Crippen molar-refractivity contribution in [3.8, 4) is 0 Å². The van der Waals surface area contributed by atoms with E-state index in [1.54, 1.807) is 0 Å². The number of aryl methyl sites for hydroxylation is 1. The summed E-state index contributed by atoms with van der Waals surface area (Å²) < 4.78 is 1.03. The first kappa shape index (κ1) is 19.0. The lowest BCUT2D eigenvalue weighted by molar-refractivity contribution is 0.0747. The molecule has 3 N–H and O–H groups in total. The largest absolute Gasteiger partial charge is 0.365 e. The van der Waals surface area contributed by atoms with Gasteiger partial charge in [0, 0.05) is 31.7 Å². The van der Waals surface area contributed by atoms with Gasteiger partial charge in [-0.25, -0.2) is 10.8 Å². The van der Waals surface area contributed by atoms with Gasteiger partial charge in [0.15, 0.2) is 5.13 Å². The normalized spacial score (nSPS) is 14.5. The van der Waals surface area contributed by atoms with Crippen LogP contribution in [-0.2, 0) is 6.42 Å². The highest BCUT2D eigenvalue weighted by Crippen LogP contribution is 2.38. The molecule has 2 heterocycles. The molecule has 0 atom stereocenters. The summed E-state index contributed by atoms with van der Waals surface area (Å²) in [6, 6.07) is 11.7. The van der Waals surface area contributed by atoms with Crippen LogP contribution in [0, 0.1) is 0 Å². The number of nitrogen functional groups attached to an aromatic ring is 1. The van der Waals surface area contributed by atoms with Crippen molar-refractivity contribution in [2.45, 2.75) is 13.3 Å². The summed E-state index contributed by atoms with van der Waals surface area (Å²) in [6.07, 6.45) is 0.970. The van der Waals surface area contributed by atoms with Crippen LogP contribution in [0.2, 0.25) is 5.02 Å². The zero-order chi connectivity index (χ0) is 19.7. The highest BCUT2D eigenvalue weighted by atomic mass is 35.5. The zero-order valence-corrected chi connectivity index (χ0v) is 17.2. The Kier molecular flexibility index (Phi) is 5.39. The number of nitrogens with two attached hydrogens (primary N) is 1. The average molecular weight is 416 g/mol. The standard InChI is InChI=1S/C20H22ClN5OS/c1-2-13-3-5-14(6-4-13)19(27)26-11-9-25(10-12-26)18-15(21)7-8-16-17(18)23-20(24-22)28-16/h3-8H,2,9-12,22H2,1H3,(H,23,24). The fraction of sp³-hybridized carbons (Fsp3) is 0.300. The fourth-order valence-corrected chi connectivity index (χ4v) is 4.57. The minimum Gasteiger partial charge on any atom is -0.365 e. The number of anilines is 2. The third-order valence-electron chi connectivity index (χ3n) is 5.10. The van der Waals surface area contributed by atoms with E-state index in [1.165, 1.54) is 16.9 Å². The monoisotopic (exact) mass is 415 g/mol. The second kappa shape index (κ2) is 7.95. The molecule has 28 heavy (non-hydrogen) atoms. The van der Waals surface area contributed by atoms with Crippen molar-refractivity contribution < 1.29 is 4.79 Å². The van der Waals surface area contributed by atoms with E-state index in [9.17, 15) is 4.79 Å². The smallest absolute Gasteiger partial charge is 0.253 e. The summed E-state index contributed by atoms with van der Waals surface area (Å²) in [5.74, 6) is 5.59. The summed E-state index contributed by atoms with van der Waals surface area (Å²) in [7, 11) is 0. The number of nitrogens with zero attached hydrogens (tertiary/aromatic N) is 3. The van der Waals surface area contributed by atoms with E-state index >= 15 is 0 Å². The number of hydrogen-bond acceptors (Lipinski definition) is 6. The number of benzene rings is 2. The Morgan fingerprint density at radius 1 is 1.18 bits per heavy atom. The molecule has 146 valence electrons. The maximum absolute atomic E-state index is 12.8. The van der Waals surface area contributed by atoms with E-state index in [2.05, 4.69) is 22.2 Å². The molecular formula is C20H22ClN5OS. The average Bonchev–Trinajstić information content (AvgIpc) is 3.17. The lowest BCUT2D eigenvalue weighted by Gasteiger charge is -2.36. The van der Waals surface area contributed by atoms with Gasteiger partial charge in [-0.3, -0.25) is 10.2 Å². The number of piperazine rings is 1. The molecule has 0 radical (unpaired) electrons. The molecule has 3 aromatic rings. The SMILES string of the molecule is CCc1ccc(C(=O)N2CCN(c3c(Cl)ccc4sc(NN)nc34)CC2)cc1. The molecule has 0 unspecified atom stereocenters. The van der Waals surface area contributed by atoms with Crippen molar-refractivity contribution >= 4 is 49.9 Å². The molecule has 1 aliphatic heterocycles. The first-order valence-corrected chi connectivity index (χ1v) is 10.5. The Morgan fingerprint density at radius 2 is 1.89 bits per heavy atom. The summed E-state index contributed by atoms with van der Waals surface area (Å²) in [6.45, 7) is 4.82. The van der Waals surface area contributed by atoms with Crippen molar-refractivity contribution in [2.24, 2.45) is 5.84 Å². The van der Waals surface area contributed by atoms with Crippen molar-refractivity contribution in [3.63, 3.8) is 0 Å². The van der Waals surface area contributed by atoms with Gasteiger partial charge >= 0.3 is 0 Å². The highest BCUT2D eigenvalue weighted by Gasteiger charge is 2.25. The third kappa shape index (κ3) is 3.53. The predicted octanol–water partition coefficient (Wildman–Crippen LogP) is 3.76. The van der Waals surface area contributed by atoms with Gasteiger partial charge in [0.25, 0.3) is 5.91 Å². The molecule has 2 aromatic carbocycles. The fourth-order valence-electron chi connectivity index (χ4n) is 3.52. The van der Waals surface area contributed by atoms with E-state index < -0.39 is 0 Å². The number of fused-ring (bicyclic) bond motifs is 1. The highest BCUT2D eigenvalue weighted by molar-refractivity contribution is 7.22. The Bertz CT molecular complexity index is 996. The summed E-state index contributed by atoms with van der Waals surface area (Å²) in [5.41, 5.74) is 6.34. The summed E-state index contributed by atoms with van der Waals surface area (Å²) in [5, 5.41) is 1.32. The van der Waals surface area contributed by atoms with Gasteiger partial charge < -0.3 is 9.80 Å². The summed E-state index contributed by atoms with van der Waals surface area (Å²) in [4.78, 5) is 21.5. The molecule has 1 amide bonds. The number of carbonyl (C=O) groups is 1. The number of amides is 1. The molecule has 6 nitrogen and oxygen atoms in total. The molecule has 0 bridgehead atoms. The predicted molar refractivity (Wildman–Crippen MR) is 116 cm³/mol. The minimum absolute atomic E-state index is 0.0786. The number of aromatic nitrogens is 1. The molecule has 0 aliphatic carbocycles. The lowest BCUT2D eigenvalue weighted by Crippen LogP contribution is -2.49. The number of rotatable bonds is 4. The molecule has 4 rings (SSSR count). The molecule has 1 aliphatic rings. The Labute approximate surface area is 172 Å². The first-order valence-electron chi connectivity index (χ1n) is 9.29. The molecule has 8 heteroatoms. The summed E-state index contributed by atoms with van der Waals surface area (Å²) >= 11 is 8.00.